The summed E-state index contributed by atoms with van der Waals surface area (Å²) < 4.78 is 0. The van der Waals surface area contributed by atoms with Crippen molar-refractivity contribution in [1.82, 2.24) is 5.32 Å². The van der Waals surface area contributed by atoms with Crippen LogP contribution in [0.3, 0.4) is 0 Å². The molecule has 0 fully saturated rings. The molecule has 0 saturated carbocycles. The van der Waals surface area contributed by atoms with Gasteiger partial charge in [-0.05, 0) is 24.9 Å². The van der Waals surface area contributed by atoms with Crippen molar-refractivity contribution in [2.45, 2.75) is 25.3 Å². The minimum atomic E-state index is -0.220. The highest BCUT2D eigenvalue weighted by Gasteiger charge is 2.11. The van der Waals surface area contributed by atoms with Crippen molar-refractivity contribution in [2.75, 3.05) is 13.2 Å². The Labute approximate surface area is 102 Å². The fourth-order valence-electron chi connectivity index (χ4n) is 1.62. The van der Waals surface area contributed by atoms with Crippen LogP contribution in [-0.4, -0.2) is 30.2 Å². The van der Waals surface area contributed by atoms with E-state index in [0.717, 1.165) is 5.56 Å². The molecule has 0 bridgehead atoms. The van der Waals surface area contributed by atoms with Crippen molar-refractivity contribution in [3.05, 3.63) is 35.9 Å². The Balaban J connectivity index is 2.41. The Kier molecular flexibility index (Phi) is 6.29. The van der Waals surface area contributed by atoms with Crippen molar-refractivity contribution in [1.29, 1.82) is 0 Å². The van der Waals surface area contributed by atoms with Gasteiger partial charge >= 0.3 is 0 Å². The van der Waals surface area contributed by atoms with E-state index in [1.807, 2.05) is 30.3 Å². The molecular weight excluding hydrogens is 216 g/mol. The topological polar surface area (TPSA) is 75.4 Å². The van der Waals surface area contributed by atoms with E-state index in [2.05, 4.69) is 5.32 Å². The zero-order valence-electron chi connectivity index (χ0n) is 9.93. The summed E-state index contributed by atoms with van der Waals surface area (Å²) in [6, 6.07) is 9.57. The number of aliphatic hydroxyl groups excluding tert-OH is 1. The molecule has 1 rings (SSSR count). The smallest absolute Gasteiger partial charge is 0.220 e. The third-order valence-electron chi connectivity index (χ3n) is 2.52. The molecular formula is C13H20N2O2. The Morgan fingerprint density at radius 2 is 2.06 bits per heavy atom. The summed E-state index contributed by atoms with van der Waals surface area (Å²) in [6.07, 6.45) is 1.74. The second-order valence-electron chi connectivity index (χ2n) is 4.03. The molecule has 4 nitrogen and oxygen atoms in total. The fraction of sp³-hybridized carbons (Fsp3) is 0.462. The van der Waals surface area contributed by atoms with E-state index in [-0.39, 0.29) is 18.6 Å². The predicted octanol–water partition coefficient (Wildman–Crippen LogP) is 0.445. The van der Waals surface area contributed by atoms with Gasteiger partial charge in [-0.3, -0.25) is 4.79 Å². The quantitative estimate of drug-likeness (QED) is 0.643. The first kappa shape index (κ1) is 13.7. The van der Waals surface area contributed by atoms with E-state index in [1.54, 1.807) is 0 Å². The summed E-state index contributed by atoms with van der Waals surface area (Å²) >= 11 is 0. The number of hydrogen-bond donors (Lipinski definition) is 3. The van der Waals surface area contributed by atoms with Gasteiger partial charge in [0.25, 0.3) is 0 Å². The van der Waals surface area contributed by atoms with Crippen LogP contribution in [0.2, 0.25) is 0 Å². The lowest BCUT2D eigenvalue weighted by Crippen LogP contribution is -2.39. The average molecular weight is 236 g/mol. The molecule has 0 aromatic heterocycles. The number of hydrogen-bond acceptors (Lipinski definition) is 3. The molecule has 4 heteroatoms. The molecule has 1 amide bonds. The van der Waals surface area contributed by atoms with E-state index < -0.39 is 0 Å². The normalized spacial score (nSPS) is 12.1. The van der Waals surface area contributed by atoms with E-state index in [9.17, 15) is 9.90 Å². The molecule has 1 atom stereocenters. The van der Waals surface area contributed by atoms with Gasteiger partial charge in [0.05, 0.1) is 12.6 Å². The summed E-state index contributed by atoms with van der Waals surface area (Å²) in [5.74, 6) is -0.0505. The molecule has 0 spiro atoms. The molecule has 4 N–H and O–H groups in total. The summed E-state index contributed by atoms with van der Waals surface area (Å²) in [6.45, 7) is 0.457. The first-order valence-electron chi connectivity index (χ1n) is 5.90. The maximum absolute atomic E-state index is 11.5. The Morgan fingerprint density at radius 1 is 1.35 bits per heavy atom. The molecule has 0 aliphatic heterocycles. The maximum atomic E-state index is 11.5. The van der Waals surface area contributed by atoms with Gasteiger partial charge in [-0.15, -0.1) is 0 Å². The number of carbonyl (C=O) groups is 1. The number of aliphatic hydroxyl groups is 1. The van der Waals surface area contributed by atoms with Crippen molar-refractivity contribution >= 4 is 5.91 Å². The molecule has 94 valence electrons. The van der Waals surface area contributed by atoms with E-state index >= 15 is 0 Å². The second-order valence-corrected chi connectivity index (χ2v) is 4.03. The number of nitrogens with one attached hydrogen (secondary N) is 1. The van der Waals surface area contributed by atoms with Crippen LogP contribution in [-0.2, 0) is 11.2 Å². The number of carbonyl (C=O) groups excluding carboxylic acids is 1. The summed E-state index contributed by atoms with van der Waals surface area (Å²) in [4.78, 5) is 11.5. The number of nitrogens with two attached hydrogens (primary N) is 1. The van der Waals surface area contributed by atoms with Crippen molar-refractivity contribution in [2.24, 2.45) is 5.73 Å². The van der Waals surface area contributed by atoms with Gasteiger partial charge < -0.3 is 16.2 Å². The lowest BCUT2D eigenvalue weighted by Gasteiger charge is -2.16. The van der Waals surface area contributed by atoms with Gasteiger partial charge in [0.2, 0.25) is 5.91 Å². The van der Waals surface area contributed by atoms with Gasteiger partial charge in [-0.25, -0.2) is 0 Å². The van der Waals surface area contributed by atoms with E-state index in [0.29, 0.717) is 25.8 Å². The molecule has 0 unspecified atom stereocenters. The Morgan fingerprint density at radius 3 is 2.65 bits per heavy atom. The minimum absolute atomic E-state index is 0.0505. The van der Waals surface area contributed by atoms with E-state index in [4.69, 9.17) is 5.73 Å². The van der Waals surface area contributed by atoms with Crippen molar-refractivity contribution in [3.63, 3.8) is 0 Å². The highest BCUT2D eigenvalue weighted by Crippen LogP contribution is 2.03. The zero-order valence-corrected chi connectivity index (χ0v) is 9.93. The SMILES string of the molecule is NCCCC(=O)N[C@H](CO)Cc1ccccc1. The first-order chi connectivity index (χ1) is 8.26. The fourth-order valence-corrected chi connectivity index (χ4v) is 1.62. The molecule has 1 aromatic carbocycles. The van der Waals surface area contributed by atoms with Gasteiger partial charge in [-0.2, -0.15) is 0 Å². The number of rotatable bonds is 7. The molecule has 0 radical (unpaired) electrons. The van der Waals surface area contributed by atoms with Crippen LogP contribution >= 0.6 is 0 Å². The largest absolute Gasteiger partial charge is 0.394 e. The van der Waals surface area contributed by atoms with Gasteiger partial charge in [-0.1, -0.05) is 30.3 Å². The Hall–Kier alpha value is -1.39. The monoisotopic (exact) mass is 236 g/mol. The summed E-state index contributed by atoms with van der Waals surface area (Å²) in [5, 5.41) is 12.0. The van der Waals surface area contributed by atoms with Gasteiger partial charge in [0, 0.05) is 6.42 Å². The Bertz CT molecular complexity index is 327. The second kappa shape index (κ2) is 7.81. The number of amides is 1. The minimum Gasteiger partial charge on any atom is -0.394 e. The molecule has 0 saturated heterocycles. The molecule has 0 heterocycles. The molecule has 0 aliphatic rings. The van der Waals surface area contributed by atoms with Crippen LogP contribution in [0.25, 0.3) is 0 Å². The van der Waals surface area contributed by atoms with Crippen molar-refractivity contribution < 1.29 is 9.90 Å². The van der Waals surface area contributed by atoms with Crippen LogP contribution in [0, 0.1) is 0 Å². The third-order valence-corrected chi connectivity index (χ3v) is 2.52. The maximum Gasteiger partial charge on any atom is 0.220 e. The van der Waals surface area contributed by atoms with Crippen molar-refractivity contribution in [3.8, 4) is 0 Å². The van der Waals surface area contributed by atoms with Crippen LogP contribution in [0.4, 0.5) is 0 Å². The summed E-state index contributed by atoms with van der Waals surface area (Å²) in [7, 11) is 0. The molecule has 0 aliphatic carbocycles. The highest BCUT2D eigenvalue weighted by atomic mass is 16.3. The molecule has 1 aromatic rings. The van der Waals surface area contributed by atoms with Gasteiger partial charge in [0.1, 0.15) is 0 Å². The van der Waals surface area contributed by atoms with Crippen LogP contribution in [0.15, 0.2) is 30.3 Å². The number of benzene rings is 1. The third kappa shape index (κ3) is 5.47. The van der Waals surface area contributed by atoms with Crippen LogP contribution < -0.4 is 11.1 Å². The highest BCUT2D eigenvalue weighted by molar-refractivity contribution is 5.76. The lowest BCUT2D eigenvalue weighted by molar-refractivity contribution is -0.122. The summed E-state index contributed by atoms with van der Waals surface area (Å²) in [5.41, 5.74) is 6.44. The van der Waals surface area contributed by atoms with Crippen LogP contribution in [0.1, 0.15) is 18.4 Å². The molecule has 17 heavy (non-hydrogen) atoms. The lowest BCUT2D eigenvalue weighted by atomic mass is 10.1. The zero-order chi connectivity index (χ0) is 12.5. The standard InChI is InChI=1S/C13H20N2O2/c14-8-4-7-13(17)15-12(10-16)9-11-5-2-1-3-6-11/h1-3,5-6,12,16H,4,7-10,14H2,(H,15,17)/t12-/m0/s1. The van der Waals surface area contributed by atoms with Gasteiger partial charge in [0.15, 0.2) is 0 Å². The first-order valence-corrected chi connectivity index (χ1v) is 5.90. The van der Waals surface area contributed by atoms with Crippen LogP contribution in [0.5, 0.6) is 0 Å². The van der Waals surface area contributed by atoms with E-state index in [1.165, 1.54) is 0 Å². The predicted molar refractivity (Wildman–Crippen MR) is 67.5 cm³/mol. The average Bonchev–Trinajstić information content (AvgIpc) is 2.36.